The number of aliphatic carboxylic acids is 1. The zero-order valence-electron chi connectivity index (χ0n) is 12.5. The summed E-state index contributed by atoms with van der Waals surface area (Å²) in [5.41, 5.74) is 0.623. The fourth-order valence-electron chi connectivity index (χ4n) is 2.10. The summed E-state index contributed by atoms with van der Waals surface area (Å²) < 4.78 is 0.241. The molecule has 4 nitrogen and oxygen atoms in total. The van der Waals surface area contributed by atoms with Crippen molar-refractivity contribution in [3.63, 3.8) is 0 Å². The minimum absolute atomic E-state index is 0.241. The number of carbonyl (C=O) groups excluding carboxylic acids is 1. The first-order valence-corrected chi connectivity index (χ1v) is 10.2. The van der Waals surface area contributed by atoms with Crippen LogP contribution in [0.15, 0.2) is 23.1 Å². The Kier molecular flexibility index (Phi) is 7.00. The fraction of sp³-hybridized carbons (Fsp3) is 0.267. The molecule has 0 bridgehead atoms. The number of carboxylic acid groups (broad SMARTS) is 1. The Morgan fingerprint density at radius 2 is 2.21 bits per heavy atom. The van der Waals surface area contributed by atoms with Crippen LogP contribution in [0.25, 0.3) is 6.08 Å². The zero-order valence-corrected chi connectivity index (χ0v) is 16.5. The van der Waals surface area contributed by atoms with Crippen LogP contribution >= 0.6 is 58.9 Å². The van der Waals surface area contributed by atoms with E-state index in [4.69, 9.17) is 35.4 Å². The van der Waals surface area contributed by atoms with Gasteiger partial charge in [0.05, 0.1) is 4.91 Å². The number of rotatable bonds is 6. The number of halogens is 2. The van der Waals surface area contributed by atoms with Crippen molar-refractivity contribution in [3.8, 4) is 0 Å². The minimum Gasteiger partial charge on any atom is -0.480 e. The van der Waals surface area contributed by atoms with E-state index in [1.165, 1.54) is 16.7 Å². The third-order valence-corrected chi connectivity index (χ3v) is 5.80. The van der Waals surface area contributed by atoms with Crippen molar-refractivity contribution < 1.29 is 14.7 Å². The first kappa shape index (κ1) is 19.6. The maximum atomic E-state index is 12.6. The molecule has 0 radical (unpaired) electrons. The molecule has 0 saturated carbocycles. The summed E-state index contributed by atoms with van der Waals surface area (Å²) in [6, 6.07) is 3.98. The van der Waals surface area contributed by atoms with Gasteiger partial charge in [-0.25, -0.2) is 4.79 Å². The number of hydrogen-bond donors (Lipinski definition) is 1. The van der Waals surface area contributed by atoms with Gasteiger partial charge in [0.1, 0.15) is 10.4 Å². The molecule has 24 heavy (non-hydrogen) atoms. The molecular weight excluding hydrogens is 409 g/mol. The van der Waals surface area contributed by atoms with E-state index in [2.05, 4.69) is 0 Å². The summed E-state index contributed by atoms with van der Waals surface area (Å²) in [5.74, 6) is -0.855. The van der Waals surface area contributed by atoms with Gasteiger partial charge in [0, 0.05) is 10.0 Å². The molecule has 1 atom stereocenters. The molecule has 1 N–H and O–H groups in total. The van der Waals surface area contributed by atoms with Gasteiger partial charge in [-0.3, -0.25) is 9.69 Å². The molecule has 1 unspecified atom stereocenters. The molecule has 1 amide bonds. The molecule has 0 aromatic heterocycles. The quantitative estimate of drug-likeness (QED) is 0.542. The second kappa shape index (κ2) is 8.58. The van der Waals surface area contributed by atoms with Crippen LogP contribution in [-0.4, -0.2) is 44.3 Å². The van der Waals surface area contributed by atoms with Crippen LogP contribution < -0.4 is 0 Å². The Balaban J connectivity index is 2.30. The van der Waals surface area contributed by atoms with Crippen molar-refractivity contribution in [3.05, 3.63) is 38.7 Å². The lowest BCUT2D eigenvalue weighted by Crippen LogP contribution is -2.44. The number of amides is 1. The van der Waals surface area contributed by atoms with Gasteiger partial charge < -0.3 is 5.11 Å². The summed E-state index contributed by atoms with van der Waals surface area (Å²) in [5, 5.41) is 10.3. The molecule has 1 aliphatic heterocycles. The van der Waals surface area contributed by atoms with Crippen molar-refractivity contribution in [1.29, 1.82) is 0 Å². The molecule has 2 rings (SSSR count). The molecule has 128 valence electrons. The Morgan fingerprint density at radius 1 is 1.50 bits per heavy atom. The number of carbonyl (C=O) groups is 2. The van der Waals surface area contributed by atoms with Crippen molar-refractivity contribution in [1.82, 2.24) is 4.90 Å². The first-order chi connectivity index (χ1) is 11.3. The van der Waals surface area contributed by atoms with Crippen LogP contribution in [0, 0.1) is 0 Å². The summed E-state index contributed by atoms with van der Waals surface area (Å²) in [6.07, 6.45) is 3.81. The van der Waals surface area contributed by atoms with Gasteiger partial charge >= 0.3 is 5.97 Å². The molecule has 1 saturated heterocycles. The van der Waals surface area contributed by atoms with Crippen LogP contribution in [0.1, 0.15) is 12.0 Å². The average molecular weight is 422 g/mol. The highest BCUT2D eigenvalue weighted by molar-refractivity contribution is 8.26. The lowest BCUT2D eigenvalue weighted by atomic mass is 10.1. The van der Waals surface area contributed by atoms with E-state index < -0.39 is 17.9 Å². The van der Waals surface area contributed by atoms with Crippen LogP contribution in [0.5, 0.6) is 0 Å². The van der Waals surface area contributed by atoms with Crippen molar-refractivity contribution in [2.75, 3.05) is 12.0 Å². The average Bonchev–Trinajstić information content (AvgIpc) is 2.78. The van der Waals surface area contributed by atoms with Gasteiger partial charge in [-0.05, 0) is 42.2 Å². The number of hydrogen-bond acceptors (Lipinski definition) is 5. The van der Waals surface area contributed by atoms with Crippen LogP contribution in [0.3, 0.4) is 0 Å². The molecule has 1 aromatic carbocycles. The van der Waals surface area contributed by atoms with Crippen LogP contribution in [-0.2, 0) is 9.59 Å². The number of thioether (sulfide) groups is 2. The van der Waals surface area contributed by atoms with Gasteiger partial charge in [-0.1, -0.05) is 53.2 Å². The summed E-state index contributed by atoms with van der Waals surface area (Å²) in [4.78, 5) is 25.7. The van der Waals surface area contributed by atoms with E-state index in [9.17, 15) is 14.7 Å². The topological polar surface area (TPSA) is 57.6 Å². The molecule has 0 spiro atoms. The highest BCUT2D eigenvalue weighted by Crippen LogP contribution is 2.36. The minimum atomic E-state index is -1.06. The second-order valence-corrected chi connectivity index (χ2v) is 8.36. The predicted molar refractivity (Wildman–Crippen MR) is 106 cm³/mol. The van der Waals surface area contributed by atoms with E-state index in [1.807, 2.05) is 6.26 Å². The summed E-state index contributed by atoms with van der Waals surface area (Å²) in [6.45, 7) is 0. The standard InChI is InChI=1S/C15H13Cl2NO3S3/c1-23-5-4-11(14(20)21)18-13(19)12(24-15(18)22)6-8-2-3-9(16)7-10(8)17/h2-3,6-7,11H,4-5H2,1H3,(H,20,21)/b12-6-. The number of benzene rings is 1. The Bertz CT molecular complexity index is 724. The maximum Gasteiger partial charge on any atom is 0.326 e. The first-order valence-electron chi connectivity index (χ1n) is 6.79. The van der Waals surface area contributed by atoms with Gasteiger partial charge in [0.2, 0.25) is 0 Å². The molecular formula is C15H13Cl2NO3S3. The second-order valence-electron chi connectivity index (χ2n) is 4.85. The maximum absolute atomic E-state index is 12.6. The number of thiocarbonyl (C=S) groups is 1. The normalized spacial score (nSPS) is 17.6. The van der Waals surface area contributed by atoms with Crippen LogP contribution in [0.4, 0.5) is 0 Å². The largest absolute Gasteiger partial charge is 0.480 e. The van der Waals surface area contributed by atoms with E-state index in [1.54, 1.807) is 24.3 Å². The molecule has 1 heterocycles. The molecule has 9 heteroatoms. The smallest absolute Gasteiger partial charge is 0.326 e. The zero-order chi connectivity index (χ0) is 17.9. The van der Waals surface area contributed by atoms with Crippen LogP contribution in [0.2, 0.25) is 10.0 Å². The van der Waals surface area contributed by atoms with Gasteiger partial charge in [-0.2, -0.15) is 11.8 Å². The van der Waals surface area contributed by atoms with Gasteiger partial charge in [0.15, 0.2) is 0 Å². The van der Waals surface area contributed by atoms with Crippen molar-refractivity contribution in [2.45, 2.75) is 12.5 Å². The molecule has 1 fully saturated rings. The third kappa shape index (κ3) is 4.46. The monoisotopic (exact) mass is 421 g/mol. The SMILES string of the molecule is CSCCC(C(=O)O)N1C(=O)/C(=C/c2ccc(Cl)cc2Cl)SC1=S. The Labute approximate surface area is 163 Å². The highest BCUT2D eigenvalue weighted by Gasteiger charge is 2.40. The molecule has 0 aliphatic carbocycles. The lowest BCUT2D eigenvalue weighted by Gasteiger charge is -2.22. The Morgan fingerprint density at radius 3 is 2.79 bits per heavy atom. The van der Waals surface area contributed by atoms with E-state index >= 15 is 0 Å². The summed E-state index contributed by atoms with van der Waals surface area (Å²) in [7, 11) is 0. The fourth-order valence-corrected chi connectivity index (χ4v) is 4.37. The summed E-state index contributed by atoms with van der Waals surface area (Å²) >= 11 is 19.8. The van der Waals surface area contributed by atoms with E-state index in [0.717, 1.165) is 11.8 Å². The molecule has 1 aliphatic rings. The van der Waals surface area contributed by atoms with E-state index in [0.29, 0.717) is 32.7 Å². The molecule has 1 aromatic rings. The van der Waals surface area contributed by atoms with Crippen molar-refractivity contribution in [2.24, 2.45) is 0 Å². The predicted octanol–water partition coefficient (Wildman–Crippen LogP) is 4.40. The lowest BCUT2D eigenvalue weighted by molar-refractivity contribution is -0.145. The number of carboxylic acids is 1. The van der Waals surface area contributed by atoms with E-state index in [-0.39, 0.29) is 4.32 Å². The van der Waals surface area contributed by atoms with Gasteiger partial charge in [-0.15, -0.1) is 0 Å². The van der Waals surface area contributed by atoms with Crippen molar-refractivity contribution >= 4 is 81.2 Å². The highest BCUT2D eigenvalue weighted by atomic mass is 35.5. The third-order valence-electron chi connectivity index (χ3n) is 3.26. The Hall–Kier alpha value is -0.730. The van der Waals surface area contributed by atoms with Gasteiger partial charge in [0.25, 0.3) is 5.91 Å². The number of nitrogens with zero attached hydrogens (tertiary/aromatic N) is 1.